The lowest BCUT2D eigenvalue weighted by Crippen LogP contribution is -2.71. The van der Waals surface area contributed by atoms with Crippen LogP contribution in [0.15, 0.2) is 28.5 Å². The normalized spacial score (nSPS) is 28.0. The first-order valence-electron chi connectivity index (χ1n) is 13.2. The van der Waals surface area contributed by atoms with Gasteiger partial charge in [0.15, 0.2) is 18.3 Å². The van der Waals surface area contributed by atoms with Gasteiger partial charge in [0, 0.05) is 54.9 Å². The number of nitrogens with zero attached hydrogens (tertiary/aromatic N) is 3. The van der Waals surface area contributed by atoms with Crippen LogP contribution in [0, 0.1) is 18.3 Å². The second-order valence-corrected chi connectivity index (χ2v) is 10.8. The molecule has 1 aliphatic carbocycles. The standard InChI is InChI=1S/C29H34N4O7/c1-13-7-16-8-18-20(10-30)33-19(24(32(18)4)22(16)29(28(13)39-6)40-12-38-5)9-17-23(21(33)11-31-15(3)34)27(37)26(36)14(2)25(17)35/h7,18-21,24,35H,8-9,11-12H2,1-6H3,(H,31,34)/t18-,19?,20-,21-,24-/m0/s1. The van der Waals surface area contributed by atoms with Crippen LogP contribution in [0.3, 0.4) is 0 Å². The minimum Gasteiger partial charge on any atom is -0.507 e. The van der Waals surface area contributed by atoms with Crippen molar-refractivity contribution in [3.63, 3.8) is 0 Å². The highest BCUT2D eigenvalue weighted by atomic mass is 16.7. The van der Waals surface area contributed by atoms with E-state index in [-0.39, 0.29) is 54.7 Å². The number of aryl methyl sites for hydroxylation is 1. The molecule has 3 heterocycles. The number of hydrogen-bond donors (Lipinski definition) is 2. The van der Waals surface area contributed by atoms with Crippen LogP contribution in [0.25, 0.3) is 0 Å². The van der Waals surface area contributed by atoms with Crippen molar-refractivity contribution >= 4 is 17.5 Å². The van der Waals surface area contributed by atoms with Crippen LogP contribution in [0.4, 0.5) is 0 Å². The first-order chi connectivity index (χ1) is 19.1. The van der Waals surface area contributed by atoms with Gasteiger partial charge >= 0.3 is 0 Å². The number of allylic oxidation sites excluding steroid dienone is 2. The molecule has 5 rings (SSSR count). The number of ether oxygens (including phenoxy) is 3. The summed E-state index contributed by atoms with van der Waals surface area (Å²) in [7, 11) is 5.09. The van der Waals surface area contributed by atoms with Gasteiger partial charge in [-0.05, 0) is 44.9 Å². The number of amides is 1. The largest absolute Gasteiger partial charge is 0.507 e. The van der Waals surface area contributed by atoms with Crippen molar-refractivity contribution in [2.75, 3.05) is 34.6 Å². The third-order valence-corrected chi connectivity index (χ3v) is 8.73. The average Bonchev–Trinajstić information content (AvgIpc) is 2.92. The van der Waals surface area contributed by atoms with Crippen LogP contribution in [-0.4, -0.2) is 91.2 Å². The minimum absolute atomic E-state index is 0.000180. The summed E-state index contributed by atoms with van der Waals surface area (Å²) in [5, 5.41) is 24.5. The Bertz CT molecular complexity index is 1410. The molecule has 11 nitrogen and oxygen atoms in total. The van der Waals surface area contributed by atoms with Gasteiger partial charge in [-0.2, -0.15) is 5.26 Å². The van der Waals surface area contributed by atoms with Crippen LogP contribution in [0.2, 0.25) is 0 Å². The monoisotopic (exact) mass is 550 g/mol. The smallest absolute Gasteiger partial charge is 0.232 e. The summed E-state index contributed by atoms with van der Waals surface area (Å²) >= 11 is 0. The van der Waals surface area contributed by atoms with E-state index >= 15 is 0 Å². The van der Waals surface area contributed by atoms with E-state index < -0.39 is 29.7 Å². The summed E-state index contributed by atoms with van der Waals surface area (Å²) in [5.74, 6) is -0.863. The Labute approximate surface area is 233 Å². The van der Waals surface area contributed by atoms with E-state index in [1.165, 1.54) is 21.0 Å². The molecule has 1 aromatic rings. The quantitative estimate of drug-likeness (QED) is 0.305. The van der Waals surface area contributed by atoms with Crippen molar-refractivity contribution < 1.29 is 33.7 Å². The molecule has 0 saturated carbocycles. The number of nitrogens with one attached hydrogen (secondary N) is 1. The SMILES string of the molecule is COCOc1c(OC)c(C)cc2c1[C@@H]1C3CC4=C(C(=O)C(=O)C(C)=C4O)[C@H](CNC(C)=O)N3[C@@H](C#N)[C@H](C2)N1C. The van der Waals surface area contributed by atoms with Gasteiger partial charge in [0.05, 0.1) is 25.3 Å². The maximum atomic E-state index is 13.4. The number of carbonyl (C=O) groups is 3. The number of nitriles is 1. The van der Waals surface area contributed by atoms with Gasteiger partial charge in [-0.15, -0.1) is 0 Å². The highest BCUT2D eigenvalue weighted by Crippen LogP contribution is 2.54. The average molecular weight is 551 g/mol. The van der Waals surface area contributed by atoms with Crippen molar-refractivity contribution in [3.8, 4) is 17.6 Å². The van der Waals surface area contributed by atoms with E-state index in [0.717, 1.165) is 16.7 Å². The number of aliphatic hydroxyl groups excluding tert-OH is 1. The summed E-state index contributed by atoms with van der Waals surface area (Å²) in [6, 6.07) is 2.11. The van der Waals surface area contributed by atoms with Gasteiger partial charge in [-0.25, -0.2) is 0 Å². The van der Waals surface area contributed by atoms with Crippen molar-refractivity contribution in [1.82, 2.24) is 15.1 Å². The van der Waals surface area contributed by atoms with E-state index in [2.05, 4.69) is 22.4 Å². The highest BCUT2D eigenvalue weighted by molar-refractivity contribution is 6.50. The Morgan fingerprint density at radius 3 is 2.52 bits per heavy atom. The Hall–Kier alpha value is -3.72. The van der Waals surface area contributed by atoms with Gasteiger partial charge in [-0.1, -0.05) is 6.07 Å². The first kappa shape index (κ1) is 27.8. The second kappa shape index (κ2) is 10.4. The molecule has 1 saturated heterocycles. The third-order valence-electron chi connectivity index (χ3n) is 8.73. The third kappa shape index (κ3) is 4.01. The molecule has 40 heavy (non-hydrogen) atoms. The molecular formula is C29H34N4O7. The van der Waals surface area contributed by atoms with Gasteiger partial charge in [-0.3, -0.25) is 24.2 Å². The number of benzene rings is 1. The van der Waals surface area contributed by atoms with E-state index in [4.69, 9.17) is 14.2 Å². The minimum atomic E-state index is -0.787. The zero-order chi connectivity index (χ0) is 29.0. The molecule has 5 atom stereocenters. The molecule has 1 unspecified atom stereocenters. The Morgan fingerprint density at radius 2 is 1.90 bits per heavy atom. The van der Waals surface area contributed by atoms with Gasteiger partial charge in [0.25, 0.3) is 0 Å². The van der Waals surface area contributed by atoms with Crippen LogP contribution in [0.5, 0.6) is 11.5 Å². The number of rotatable bonds is 6. The zero-order valence-corrected chi connectivity index (χ0v) is 23.5. The number of piperazine rings is 1. The second-order valence-electron chi connectivity index (χ2n) is 10.8. The molecule has 0 aromatic heterocycles. The topological polar surface area (TPSA) is 141 Å². The van der Waals surface area contributed by atoms with Crippen LogP contribution in [0.1, 0.15) is 43.0 Å². The maximum Gasteiger partial charge on any atom is 0.232 e. The lowest BCUT2D eigenvalue weighted by Gasteiger charge is -2.60. The molecule has 2 N–H and O–H groups in total. The number of hydrogen-bond acceptors (Lipinski definition) is 10. The maximum absolute atomic E-state index is 13.4. The summed E-state index contributed by atoms with van der Waals surface area (Å²) in [4.78, 5) is 42.4. The fourth-order valence-corrected chi connectivity index (χ4v) is 7.06. The van der Waals surface area contributed by atoms with Gasteiger partial charge < -0.3 is 24.6 Å². The molecule has 3 aliphatic heterocycles. The van der Waals surface area contributed by atoms with Crippen LogP contribution in [-0.2, 0) is 25.5 Å². The molecule has 212 valence electrons. The summed E-state index contributed by atoms with van der Waals surface area (Å²) in [6.07, 6.45) is 0.751. The Morgan fingerprint density at radius 1 is 1.18 bits per heavy atom. The molecule has 0 radical (unpaired) electrons. The summed E-state index contributed by atoms with van der Waals surface area (Å²) < 4.78 is 17.1. The van der Waals surface area contributed by atoms with Crippen molar-refractivity contribution in [2.45, 2.75) is 63.8 Å². The number of ketones is 2. The molecule has 4 aliphatic rings. The predicted octanol–water partition coefficient (Wildman–Crippen LogP) is 1.65. The number of methoxy groups -OCH3 is 2. The summed E-state index contributed by atoms with van der Waals surface area (Å²) in [5.41, 5.74) is 3.35. The predicted molar refractivity (Wildman–Crippen MR) is 143 cm³/mol. The van der Waals surface area contributed by atoms with E-state index in [9.17, 15) is 24.8 Å². The van der Waals surface area contributed by atoms with Crippen LogP contribution >= 0.6 is 0 Å². The molecule has 1 amide bonds. The lowest BCUT2D eigenvalue weighted by atomic mass is 9.70. The van der Waals surface area contributed by atoms with E-state index in [1.807, 2.05) is 18.9 Å². The fraction of sp³-hybridized carbons (Fsp3) is 0.517. The van der Waals surface area contributed by atoms with Gasteiger partial charge in [0.2, 0.25) is 17.5 Å². The Kier molecular flexibility index (Phi) is 7.20. The van der Waals surface area contributed by atoms with Crippen molar-refractivity contribution in [2.24, 2.45) is 0 Å². The molecular weight excluding hydrogens is 516 g/mol. The molecule has 11 heteroatoms. The first-order valence-corrected chi connectivity index (χ1v) is 13.2. The molecule has 1 aromatic carbocycles. The Balaban J connectivity index is 1.76. The number of likely N-dealkylation sites (N-methyl/N-ethyl adjacent to an activating group) is 1. The molecule has 0 spiro atoms. The van der Waals surface area contributed by atoms with Crippen molar-refractivity contribution in [1.29, 1.82) is 5.26 Å². The molecule has 2 bridgehead atoms. The number of aliphatic hydroxyl groups is 1. The van der Waals surface area contributed by atoms with E-state index in [1.54, 1.807) is 7.11 Å². The van der Waals surface area contributed by atoms with Gasteiger partial charge in [0.1, 0.15) is 11.8 Å². The fourth-order valence-electron chi connectivity index (χ4n) is 7.06. The molecule has 1 fully saturated rings. The number of Topliss-reactive ketones (excluding diaryl/α,β-unsaturated/α-hetero) is 2. The zero-order valence-electron chi connectivity index (χ0n) is 23.5. The van der Waals surface area contributed by atoms with Crippen molar-refractivity contribution in [3.05, 3.63) is 45.2 Å². The van der Waals surface area contributed by atoms with Crippen LogP contribution < -0.4 is 14.8 Å². The number of carbonyl (C=O) groups excluding carboxylic acids is 3. The summed E-state index contributed by atoms with van der Waals surface area (Å²) in [6.45, 7) is 4.76. The lowest BCUT2D eigenvalue weighted by molar-refractivity contribution is -0.134. The van der Waals surface area contributed by atoms with E-state index in [0.29, 0.717) is 23.5 Å². The number of fused-ring (bicyclic) bond motifs is 6. The highest BCUT2D eigenvalue weighted by Gasteiger charge is 2.57.